The zero-order valence-electron chi connectivity index (χ0n) is 31.9. The second-order valence-electron chi connectivity index (χ2n) is 18.1. The molecule has 9 N–H and O–H groups in total. The number of fused-ring (bicyclic) bond motifs is 5. The summed E-state index contributed by atoms with van der Waals surface area (Å²) < 4.78 is 28.6. The molecule has 2 saturated heterocycles. The van der Waals surface area contributed by atoms with Crippen LogP contribution in [0.15, 0.2) is 12.2 Å². The van der Waals surface area contributed by atoms with Crippen LogP contribution in [0.5, 0.6) is 0 Å². The predicted molar refractivity (Wildman–Crippen MR) is 189 cm³/mol. The minimum absolute atomic E-state index is 0.0761. The van der Waals surface area contributed by atoms with E-state index in [1.165, 1.54) is 7.11 Å². The average Bonchev–Trinajstić information content (AvgIpc) is 3.39. The van der Waals surface area contributed by atoms with Gasteiger partial charge in [-0.1, -0.05) is 39.8 Å². The Balaban J connectivity index is 1.05. The largest absolute Gasteiger partial charge is 0.393 e. The van der Waals surface area contributed by atoms with Crippen molar-refractivity contribution < 1.29 is 69.6 Å². The van der Waals surface area contributed by atoms with Crippen LogP contribution in [0.3, 0.4) is 0 Å². The van der Waals surface area contributed by atoms with E-state index in [0.717, 1.165) is 24.8 Å². The SMILES string of the molecule is C=C(CCC(C)[C@H]1C[C@@H](O)C2[C@]3(O)C[C@H](O)C4[C@@H](O)[C@@H](O)CC[C@]4(C)C3CC[C@@]21C)C(C)COC1OCC(O)C(O)C1OC1OCC(O)C(O)C1OC. The molecule has 0 aromatic heterocycles. The number of hydrogen-bond acceptors (Lipinski definition) is 14. The summed E-state index contributed by atoms with van der Waals surface area (Å²) in [5.74, 6) is -0.926. The zero-order chi connectivity index (χ0) is 38.8. The standard InChI is InChI=1S/C39H66O14/c1-18(20(3)15-50-35-33(31(47)26(44)16-51-35)53-36-32(49-6)30(46)25(43)17-52-36)7-8-19(2)21-13-23(41)34-37(21,4)12-10-27-38(5)11-9-22(40)29(45)28(38)24(42)14-39(27,34)48/h19-36,40-48H,1,7-17H2,2-6H3/t19?,20?,21-,22+,23-,24+,25?,26?,27?,28?,29+,30?,31?,32?,33?,34?,35?,36?,37-,38-,39+/m1/s1. The molecular formula is C39H66O14. The molecule has 53 heavy (non-hydrogen) atoms. The van der Waals surface area contributed by atoms with E-state index in [1.54, 1.807) is 0 Å². The molecule has 2 aliphatic heterocycles. The van der Waals surface area contributed by atoms with E-state index >= 15 is 0 Å². The van der Waals surface area contributed by atoms with E-state index in [4.69, 9.17) is 23.7 Å². The van der Waals surface area contributed by atoms with Gasteiger partial charge in [0.1, 0.15) is 36.6 Å². The first kappa shape index (κ1) is 41.8. The van der Waals surface area contributed by atoms with E-state index in [-0.39, 0.29) is 55.3 Å². The lowest BCUT2D eigenvalue weighted by atomic mass is 9.41. The average molecular weight is 759 g/mol. The highest BCUT2D eigenvalue weighted by atomic mass is 16.8. The van der Waals surface area contributed by atoms with Gasteiger partial charge in [-0.3, -0.25) is 0 Å². The summed E-state index contributed by atoms with van der Waals surface area (Å²) in [4.78, 5) is 0. The van der Waals surface area contributed by atoms with Gasteiger partial charge in [0, 0.05) is 31.3 Å². The third kappa shape index (κ3) is 7.30. The summed E-state index contributed by atoms with van der Waals surface area (Å²) in [5.41, 5.74) is -1.25. The number of rotatable bonds is 11. The van der Waals surface area contributed by atoms with Gasteiger partial charge in [-0.05, 0) is 73.5 Å². The van der Waals surface area contributed by atoms with Gasteiger partial charge >= 0.3 is 0 Å². The summed E-state index contributed by atoms with van der Waals surface area (Å²) >= 11 is 0. The summed E-state index contributed by atoms with van der Waals surface area (Å²) in [6, 6.07) is 0. The topological polar surface area (TPSA) is 228 Å². The van der Waals surface area contributed by atoms with Crippen LogP contribution in [0, 0.1) is 46.3 Å². The monoisotopic (exact) mass is 758 g/mol. The molecule has 6 fully saturated rings. The summed E-state index contributed by atoms with van der Waals surface area (Å²) in [6.45, 7) is 12.6. The predicted octanol–water partition coefficient (Wildman–Crippen LogP) is 0.215. The number of aliphatic hydroxyl groups is 9. The molecule has 14 heteroatoms. The van der Waals surface area contributed by atoms with Crippen molar-refractivity contribution in [3.05, 3.63) is 12.2 Å². The third-order valence-corrected chi connectivity index (χ3v) is 15.0. The van der Waals surface area contributed by atoms with Crippen molar-refractivity contribution in [3.63, 3.8) is 0 Å². The van der Waals surface area contributed by atoms with Gasteiger partial charge in [0.05, 0.1) is 49.8 Å². The van der Waals surface area contributed by atoms with Gasteiger partial charge in [-0.15, -0.1) is 0 Å². The van der Waals surface area contributed by atoms with Gasteiger partial charge in [0.15, 0.2) is 12.6 Å². The quantitative estimate of drug-likeness (QED) is 0.129. The maximum absolute atomic E-state index is 12.6. The molecule has 0 aromatic carbocycles. The number of methoxy groups -OCH3 is 1. The minimum Gasteiger partial charge on any atom is -0.393 e. The van der Waals surface area contributed by atoms with Crippen molar-refractivity contribution in [1.29, 1.82) is 0 Å². The normalized spacial score (nSPS) is 52.6. The molecule has 21 atom stereocenters. The molecular weight excluding hydrogens is 692 g/mol. The Hall–Kier alpha value is -0.820. The van der Waals surface area contributed by atoms with E-state index in [1.807, 2.05) is 13.8 Å². The first-order chi connectivity index (χ1) is 24.9. The number of hydrogen-bond donors (Lipinski definition) is 9. The van der Waals surface area contributed by atoms with Crippen LogP contribution in [0.2, 0.25) is 0 Å². The molecule has 6 aliphatic rings. The van der Waals surface area contributed by atoms with Crippen molar-refractivity contribution >= 4 is 0 Å². The number of ether oxygens (including phenoxy) is 5. The van der Waals surface area contributed by atoms with E-state index < -0.39 is 96.5 Å². The Bertz CT molecular complexity index is 1270. The summed E-state index contributed by atoms with van der Waals surface area (Å²) in [7, 11) is 1.34. The highest BCUT2D eigenvalue weighted by molar-refractivity contribution is 5.21. The molecule has 0 spiro atoms. The Morgan fingerprint density at radius 1 is 0.792 bits per heavy atom. The third-order valence-electron chi connectivity index (χ3n) is 15.0. The molecule has 0 amide bonds. The summed E-state index contributed by atoms with van der Waals surface area (Å²) in [5, 5.41) is 98.5. The number of aliphatic hydroxyl groups excluding tert-OH is 8. The van der Waals surface area contributed by atoms with Crippen LogP contribution in [0.25, 0.3) is 0 Å². The first-order valence-corrected chi connectivity index (χ1v) is 19.8. The highest BCUT2D eigenvalue weighted by Gasteiger charge is 2.71. The molecule has 2 heterocycles. The Morgan fingerprint density at radius 2 is 1.42 bits per heavy atom. The fourth-order valence-corrected chi connectivity index (χ4v) is 12.1. The first-order valence-electron chi connectivity index (χ1n) is 19.8. The molecule has 14 nitrogen and oxygen atoms in total. The van der Waals surface area contributed by atoms with Crippen LogP contribution in [0.1, 0.15) is 79.1 Å². The van der Waals surface area contributed by atoms with Crippen LogP contribution in [-0.4, -0.2) is 152 Å². The van der Waals surface area contributed by atoms with Gasteiger partial charge in [0.2, 0.25) is 0 Å². The van der Waals surface area contributed by atoms with Crippen LogP contribution in [0.4, 0.5) is 0 Å². The fourth-order valence-electron chi connectivity index (χ4n) is 12.1. The van der Waals surface area contributed by atoms with Crippen LogP contribution >= 0.6 is 0 Å². The maximum atomic E-state index is 12.6. The molecule has 4 aliphatic carbocycles. The second kappa shape index (κ2) is 15.8. The van der Waals surface area contributed by atoms with Crippen molar-refractivity contribution in [1.82, 2.24) is 0 Å². The molecule has 0 aromatic rings. The molecule has 0 radical (unpaired) electrons. The Morgan fingerprint density at radius 3 is 2.08 bits per heavy atom. The summed E-state index contributed by atoms with van der Waals surface area (Å²) in [6.07, 6.45) is -8.46. The van der Waals surface area contributed by atoms with Gasteiger partial charge in [-0.2, -0.15) is 0 Å². The van der Waals surface area contributed by atoms with Gasteiger partial charge in [-0.25, -0.2) is 0 Å². The molecule has 4 saturated carbocycles. The van der Waals surface area contributed by atoms with Gasteiger partial charge < -0.3 is 69.6 Å². The lowest BCUT2D eigenvalue weighted by molar-refractivity contribution is -0.346. The van der Waals surface area contributed by atoms with Gasteiger partial charge in [0.25, 0.3) is 0 Å². The maximum Gasteiger partial charge on any atom is 0.187 e. The smallest absolute Gasteiger partial charge is 0.187 e. The highest BCUT2D eigenvalue weighted by Crippen LogP contribution is 2.69. The van der Waals surface area contributed by atoms with Crippen molar-refractivity contribution in [2.75, 3.05) is 26.9 Å². The zero-order valence-corrected chi connectivity index (χ0v) is 31.9. The van der Waals surface area contributed by atoms with Crippen molar-refractivity contribution in [3.8, 4) is 0 Å². The molecule has 0 bridgehead atoms. The molecule has 6 rings (SSSR count). The van der Waals surface area contributed by atoms with Crippen molar-refractivity contribution in [2.24, 2.45) is 46.3 Å². The van der Waals surface area contributed by atoms with E-state index in [0.29, 0.717) is 25.7 Å². The van der Waals surface area contributed by atoms with E-state index in [2.05, 4.69) is 20.4 Å². The fraction of sp³-hybridized carbons (Fsp3) is 0.949. The Labute approximate surface area is 313 Å². The van der Waals surface area contributed by atoms with E-state index in [9.17, 15) is 46.0 Å². The minimum atomic E-state index is -1.37. The van der Waals surface area contributed by atoms with Crippen molar-refractivity contribution in [2.45, 2.75) is 158 Å². The van der Waals surface area contributed by atoms with Crippen LogP contribution in [-0.2, 0) is 23.7 Å². The second-order valence-corrected chi connectivity index (χ2v) is 18.1. The van der Waals surface area contributed by atoms with Crippen LogP contribution < -0.4 is 0 Å². The Kier molecular flexibility index (Phi) is 12.5. The molecule has 13 unspecified atom stereocenters. The molecule has 306 valence electrons. The lowest BCUT2D eigenvalue weighted by Gasteiger charge is -2.66. The lowest BCUT2D eigenvalue weighted by Crippen LogP contribution is -2.70.